The average Bonchev–Trinajstić information content (AvgIpc) is 2.74. The van der Waals surface area contributed by atoms with Gasteiger partial charge in [-0.1, -0.05) is 12.1 Å². The lowest BCUT2D eigenvalue weighted by Crippen LogP contribution is -2.00. The Balaban J connectivity index is 2.15. The van der Waals surface area contributed by atoms with Gasteiger partial charge >= 0.3 is 0 Å². The SMILES string of the molecule is Cc1cc2c(Nc3c(C)cccc3F)nc(Cl)nc2s1. The average molecular weight is 308 g/mol. The Kier molecular flexibility index (Phi) is 3.31. The van der Waals surface area contributed by atoms with E-state index in [0.29, 0.717) is 11.5 Å². The highest BCUT2D eigenvalue weighted by atomic mass is 35.5. The molecule has 0 fully saturated rings. The van der Waals surface area contributed by atoms with Gasteiger partial charge in [-0.05, 0) is 43.1 Å². The van der Waals surface area contributed by atoms with Gasteiger partial charge in [-0.2, -0.15) is 4.98 Å². The van der Waals surface area contributed by atoms with Crippen LogP contribution in [0.15, 0.2) is 24.3 Å². The third kappa shape index (κ3) is 2.34. The molecule has 1 N–H and O–H groups in total. The summed E-state index contributed by atoms with van der Waals surface area (Å²) in [6.45, 7) is 3.82. The summed E-state index contributed by atoms with van der Waals surface area (Å²) in [7, 11) is 0. The van der Waals surface area contributed by atoms with Crippen molar-refractivity contribution < 1.29 is 4.39 Å². The summed E-state index contributed by atoms with van der Waals surface area (Å²) in [6, 6.07) is 6.89. The molecule has 0 amide bonds. The lowest BCUT2D eigenvalue weighted by atomic mass is 10.2. The van der Waals surface area contributed by atoms with Crippen LogP contribution in [-0.4, -0.2) is 9.97 Å². The smallest absolute Gasteiger partial charge is 0.225 e. The predicted octanol–water partition coefficient (Wildman–Crippen LogP) is 4.84. The maximum atomic E-state index is 13.9. The number of nitrogens with one attached hydrogen (secondary N) is 1. The van der Waals surface area contributed by atoms with Crippen LogP contribution < -0.4 is 5.32 Å². The molecule has 0 radical (unpaired) electrons. The third-order valence-electron chi connectivity index (χ3n) is 2.95. The van der Waals surface area contributed by atoms with E-state index in [9.17, 15) is 4.39 Å². The van der Waals surface area contributed by atoms with Crippen LogP contribution in [0.4, 0.5) is 15.9 Å². The molecule has 0 aliphatic heterocycles. The number of halogens is 2. The molecule has 3 rings (SSSR count). The number of hydrogen-bond acceptors (Lipinski definition) is 4. The Morgan fingerprint density at radius 1 is 1.25 bits per heavy atom. The minimum absolute atomic E-state index is 0.149. The molecule has 0 aliphatic carbocycles. The summed E-state index contributed by atoms with van der Waals surface area (Å²) in [5.74, 6) is 0.206. The van der Waals surface area contributed by atoms with Crippen LogP contribution in [0.5, 0.6) is 0 Å². The van der Waals surface area contributed by atoms with E-state index in [1.807, 2.05) is 26.0 Å². The third-order valence-corrected chi connectivity index (χ3v) is 4.07. The van der Waals surface area contributed by atoms with Gasteiger partial charge in [-0.3, -0.25) is 0 Å². The fraction of sp³-hybridized carbons (Fsp3) is 0.143. The Bertz CT molecular complexity index is 780. The van der Waals surface area contributed by atoms with Crippen LogP contribution in [0.3, 0.4) is 0 Å². The zero-order valence-electron chi connectivity index (χ0n) is 10.9. The molecule has 20 heavy (non-hydrogen) atoms. The normalized spacial score (nSPS) is 11.0. The molecule has 3 nitrogen and oxygen atoms in total. The maximum Gasteiger partial charge on any atom is 0.225 e. The molecular weight excluding hydrogens is 297 g/mol. The van der Waals surface area contributed by atoms with Gasteiger partial charge in [-0.25, -0.2) is 9.37 Å². The minimum atomic E-state index is -0.320. The van der Waals surface area contributed by atoms with E-state index in [0.717, 1.165) is 20.7 Å². The Hall–Kier alpha value is -1.72. The molecule has 1 aromatic carbocycles. The van der Waals surface area contributed by atoms with Crippen molar-refractivity contribution in [1.29, 1.82) is 0 Å². The molecule has 0 saturated carbocycles. The second kappa shape index (κ2) is 5.00. The number of hydrogen-bond donors (Lipinski definition) is 1. The number of thiophene rings is 1. The molecule has 0 spiro atoms. The molecule has 0 aliphatic rings. The van der Waals surface area contributed by atoms with Crippen LogP contribution in [0.1, 0.15) is 10.4 Å². The largest absolute Gasteiger partial charge is 0.337 e. The van der Waals surface area contributed by atoms with Crippen LogP contribution in [-0.2, 0) is 0 Å². The molecule has 0 atom stereocenters. The van der Waals surface area contributed by atoms with E-state index < -0.39 is 0 Å². The first-order valence-electron chi connectivity index (χ1n) is 6.00. The number of rotatable bonds is 2. The number of fused-ring (bicyclic) bond motifs is 1. The molecule has 0 saturated heterocycles. The van der Waals surface area contributed by atoms with E-state index in [1.165, 1.54) is 17.4 Å². The quantitative estimate of drug-likeness (QED) is 0.688. The Labute approximate surface area is 124 Å². The highest BCUT2D eigenvalue weighted by Crippen LogP contribution is 2.32. The molecule has 6 heteroatoms. The lowest BCUT2D eigenvalue weighted by molar-refractivity contribution is 0.631. The van der Waals surface area contributed by atoms with E-state index in [2.05, 4.69) is 15.3 Å². The van der Waals surface area contributed by atoms with Gasteiger partial charge in [0.2, 0.25) is 5.28 Å². The van der Waals surface area contributed by atoms with Crippen molar-refractivity contribution in [3.05, 3.63) is 45.8 Å². The zero-order valence-corrected chi connectivity index (χ0v) is 12.4. The molecule has 102 valence electrons. The predicted molar refractivity (Wildman–Crippen MR) is 81.6 cm³/mol. The second-order valence-corrected chi connectivity index (χ2v) is 6.05. The number of nitrogens with zero attached hydrogens (tertiary/aromatic N) is 2. The van der Waals surface area contributed by atoms with Gasteiger partial charge in [-0.15, -0.1) is 11.3 Å². The van der Waals surface area contributed by atoms with Gasteiger partial charge in [0, 0.05) is 4.88 Å². The Morgan fingerprint density at radius 2 is 2.05 bits per heavy atom. The van der Waals surface area contributed by atoms with Crippen LogP contribution in [0, 0.1) is 19.7 Å². The van der Waals surface area contributed by atoms with Crippen molar-refractivity contribution in [3.63, 3.8) is 0 Å². The zero-order chi connectivity index (χ0) is 14.3. The van der Waals surface area contributed by atoms with Crippen molar-refractivity contribution in [2.75, 3.05) is 5.32 Å². The van der Waals surface area contributed by atoms with Gasteiger partial charge in [0.15, 0.2) is 0 Å². The highest BCUT2D eigenvalue weighted by molar-refractivity contribution is 7.18. The first kappa shape index (κ1) is 13.3. The highest BCUT2D eigenvalue weighted by Gasteiger charge is 2.12. The number of aromatic nitrogens is 2. The lowest BCUT2D eigenvalue weighted by Gasteiger charge is -2.10. The van der Waals surface area contributed by atoms with Gasteiger partial charge in [0.05, 0.1) is 11.1 Å². The summed E-state index contributed by atoms with van der Waals surface area (Å²) < 4.78 is 13.9. The summed E-state index contributed by atoms with van der Waals surface area (Å²) in [5, 5.41) is 4.03. The van der Waals surface area contributed by atoms with E-state index in [4.69, 9.17) is 11.6 Å². The van der Waals surface area contributed by atoms with Crippen LogP contribution in [0.2, 0.25) is 5.28 Å². The van der Waals surface area contributed by atoms with Gasteiger partial charge in [0.1, 0.15) is 16.5 Å². The summed E-state index contributed by atoms with van der Waals surface area (Å²) in [6.07, 6.45) is 0. The summed E-state index contributed by atoms with van der Waals surface area (Å²) >= 11 is 7.46. The van der Waals surface area contributed by atoms with Gasteiger partial charge < -0.3 is 5.32 Å². The number of para-hydroxylation sites is 1. The number of benzene rings is 1. The summed E-state index contributed by atoms with van der Waals surface area (Å²) in [4.78, 5) is 10.3. The van der Waals surface area contributed by atoms with Crippen molar-refractivity contribution in [3.8, 4) is 0 Å². The van der Waals surface area contributed by atoms with E-state index in [-0.39, 0.29) is 11.1 Å². The molecule has 0 bridgehead atoms. The molecule has 3 aromatic rings. The summed E-state index contributed by atoms with van der Waals surface area (Å²) in [5.41, 5.74) is 1.22. The fourth-order valence-corrected chi connectivity index (χ4v) is 3.12. The van der Waals surface area contributed by atoms with Gasteiger partial charge in [0.25, 0.3) is 0 Å². The minimum Gasteiger partial charge on any atom is -0.337 e. The Morgan fingerprint density at radius 3 is 2.80 bits per heavy atom. The van der Waals surface area contributed by atoms with Crippen molar-refractivity contribution in [1.82, 2.24) is 9.97 Å². The van der Waals surface area contributed by atoms with Crippen molar-refractivity contribution in [2.24, 2.45) is 0 Å². The molecular formula is C14H11ClFN3S. The molecule has 2 heterocycles. The maximum absolute atomic E-state index is 13.9. The van der Waals surface area contributed by atoms with E-state index >= 15 is 0 Å². The standard InChI is InChI=1S/C14H11ClFN3S/c1-7-4-3-5-10(16)11(7)17-12-9-6-8(2)20-13(9)19-14(15)18-12/h3-6H,1-2H3,(H,17,18,19). The van der Waals surface area contributed by atoms with Crippen molar-refractivity contribution in [2.45, 2.75) is 13.8 Å². The topological polar surface area (TPSA) is 37.8 Å². The fourth-order valence-electron chi connectivity index (χ4n) is 2.02. The van der Waals surface area contributed by atoms with Crippen LogP contribution >= 0.6 is 22.9 Å². The van der Waals surface area contributed by atoms with E-state index in [1.54, 1.807) is 6.07 Å². The monoisotopic (exact) mass is 307 g/mol. The first-order chi connectivity index (χ1) is 9.54. The molecule has 2 aromatic heterocycles. The second-order valence-electron chi connectivity index (χ2n) is 4.47. The first-order valence-corrected chi connectivity index (χ1v) is 7.20. The molecule has 0 unspecified atom stereocenters. The van der Waals surface area contributed by atoms with Crippen molar-refractivity contribution >= 4 is 44.7 Å². The number of anilines is 2. The number of aryl methyl sites for hydroxylation is 2. The van der Waals surface area contributed by atoms with Crippen LogP contribution in [0.25, 0.3) is 10.2 Å².